The molecule has 0 unspecified atom stereocenters. The first kappa shape index (κ1) is 14.0. The number of hydrogen-bond acceptors (Lipinski definition) is 2. The predicted octanol–water partition coefficient (Wildman–Crippen LogP) is 3.51. The van der Waals surface area contributed by atoms with Crippen molar-refractivity contribution in [3.05, 3.63) is 29.6 Å². The maximum Gasteiger partial charge on any atom is 0.131 e. The molecule has 17 heavy (non-hydrogen) atoms. The zero-order chi connectivity index (χ0) is 12.8. The zero-order valence-electron chi connectivity index (χ0n) is 10.9. The molecule has 0 bridgehead atoms. The van der Waals surface area contributed by atoms with Crippen LogP contribution in [0.2, 0.25) is 0 Å². The monoisotopic (exact) mass is 239 g/mol. The summed E-state index contributed by atoms with van der Waals surface area (Å²) in [6.45, 7) is 4.64. The molecule has 0 amide bonds. The minimum atomic E-state index is -0.778. The summed E-state index contributed by atoms with van der Waals surface area (Å²) in [7, 11) is 1.94. The van der Waals surface area contributed by atoms with Gasteiger partial charge >= 0.3 is 0 Å². The molecule has 1 rings (SSSR count). The lowest BCUT2D eigenvalue weighted by molar-refractivity contribution is 0.194. The van der Waals surface area contributed by atoms with E-state index in [1.165, 1.54) is 18.9 Å². The molecule has 1 aromatic rings. The van der Waals surface area contributed by atoms with Gasteiger partial charge in [-0.2, -0.15) is 0 Å². The Kier molecular flexibility index (Phi) is 5.42. The van der Waals surface area contributed by atoms with Crippen molar-refractivity contribution in [2.75, 3.05) is 18.5 Å². The number of hydrogen-bond donors (Lipinski definition) is 1. The summed E-state index contributed by atoms with van der Waals surface area (Å²) >= 11 is 0. The largest absolute Gasteiger partial charge is 0.389 e. The van der Waals surface area contributed by atoms with Crippen LogP contribution in [-0.2, 0) is 0 Å². The Morgan fingerprint density at radius 1 is 1.35 bits per heavy atom. The molecule has 2 nitrogen and oxygen atoms in total. The van der Waals surface area contributed by atoms with Crippen molar-refractivity contribution in [3.8, 4) is 0 Å². The van der Waals surface area contributed by atoms with Crippen LogP contribution in [0.25, 0.3) is 0 Å². The van der Waals surface area contributed by atoms with Gasteiger partial charge in [0.15, 0.2) is 0 Å². The average Bonchev–Trinajstić information content (AvgIpc) is 2.28. The van der Waals surface area contributed by atoms with E-state index in [2.05, 4.69) is 6.92 Å². The molecule has 0 saturated heterocycles. The Balaban J connectivity index is 2.85. The molecule has 1 aromatic carbocycles. The third-order valence-corrected chi connectivity index (χ3v) is 2.96. The van der Waals surface area contributed by atoms with Crippen molar-refractivity contribution < 1.29 is 9.50 Å². The van der Waals surface area contributed by atoms with Gasteiger partial charge in [0.05, 0.1) is 6.10 Å². The van der Waals surface area contributed by atoms with Gasteiger partial charge in [0.2, 0.25) is 0 Å². The lowest BCUT2D eigenvalue weighted by Crippen LogP contribution is -2.21. The van der Waals surface area contributed by atoms with Gasteiger partial charge in [-0.15, -0.1) is 0 Å². The van der Waals surface area contributed by atoms with Gasteiger partial charge in [-0.25, -0.2) is 4.39 Å². The zero-order valence-corrected chi connectivity index (χ0v) is 10.9. The molecule has 0 radical (unpaired) electrons. The maximum absolute atomic E-state index is 13.7. The van der Waals surface area contributed by atoms with Crippen LogP contribution in [-0.4, -0.2) is 18.7 Å². The van der Waals surface area contributed by atoms with Gasteiger partial charge < -0.3 is 10.0 Å². The van der Waals surface area contributed by atoms with Gasteiger partial charge in [-0.05, 0) is 25.5 Å². The summed E-state index contributed by atoms with van der Waals surface area (Å²) in [4.78, 5) is 2.01. The van der Waals surface area contributed by atoms with E-state index in [9.17, 15) is 9.50 Å². The van der Waals surface area contributed by atoms with Crippen molar-refractivity contribution in [3.63, 3.8) is 0 Å². The lowest BCUT2D eigenvalue weighted by atomic mass is 10.1. The summed E-state index contributed by atoms with van der Waals surface area (Å²) in [6, 6.07) is 4.94. The van der Waals surface area contributed by atoms with E-state index in [1.807, 2.05) is 18.0 Å². The molecule has 0 saturated carbocycles. The van der Waals surface area contributed by atoms with Crippen molar-refractivity contribution in [2.24, 2.45) is 0 Å². The Hall–Kier alpha value is -1.09. The highest BCUT2D eigenvalue weighted by atomic mass is 19.1. The first-order chi connectivity index (χ1) is 8.07. The Bertz CT molecular complexity index is 352. The van der Waals surface area contributed by atoms with E-state index in [-0.39, 0.29) is 5.82 Å². The van der Waals surface area contributed by atoms with Gasteiger partial charge in [0.1, 0.15) is 5.82 Å². The quantitative estimate of drug-likeness (QED) is 0.768. The predicted molar refractivity (Wildman–Crippen MR) is 69.8 cm³/mol. The molecule has 0 aliphatic heterocycles. The minimum Gasteiger partial charge on any atom is -0.389 e. The third-order valence-electron chi connectivity index (χ3n) is 2.96. The summed E-state index contributed by atoms with van der Waals surface area (Å²) in [6.07, 6.45) is 2.65. The van der Waals surface area contributed by atoms with Gasteiger partial charge in [-0.3, -0.25) is 0 Å². The highest BCUT2D eigenvalue weighted by Gasteiger charge is 2.15. The van der Waals surface area contributed by atoms with Crippen LogP contribution in [0.3, 0.4) is 0 Å². The summed E-state index contributed by atoms with van der Waals surface area (Å²) in [5.41, 5.74) is 1.18. The highest BCUT2D eigenvalue weighted by molar-refractivity contribution is 5.54. The minimum absolute atomic E-state index is 0.333. The fourth-order valence-corrected chi connectivity index (χ4v) is 1.99. The maximum atomic E-state index is 13.7. The molecule has 0 heterocycles. The van der Waals surface area contributed by atoms with E-state index < -0.39 is 6.10 Å². The number of benzene rings is 1. The molecule has 0 aromatic heterocycles. The molecule has 0 aliphatic rings. The fraction of sp³-hybridized carbons (Fsp3) is 0.571. The highest BCUT2D eigenvalue weighted by Crippen LogP contribution is 2.28. The van der Waals surface area contributed by atoms with Crippen molar-refractivity contribution >= 4 is 5.69 Å². The number of aliphatic hydroxyl groups is 1. The number of nitrogens with zero attached hydrogens (tertiary/aromatic N) is 1. The standard InChI is InChI=1S/C14H22FNO/c1-4-5-6-10-16(3)13-9-7-8-12(15)14(13)11(2)17/h7-9,11,17H,4-6,10H2,1-3H3/t11-/m1/s1. The fourth-order valence-electron chi connectivity index (χ4n) is 1.99. The molecule has 1 atom stereocenters. The number of rotatable bonds is 6. The number of unbranched alkanes of at least 4 members (excludes halogenated alkanes) is 2. The van der Waals surface area contributed by atoms with Gasteiger partial charge in [0.25, 0.3) is 0 Å². The summed E-state index contributed by atoms with van der Waals surface area (Å²) in [5, 5.41) is 9.64. The van der Waals surface area contributed by atoms with Crippen LogP contribution < -0.4 is 4.90 Å². The third kappa shape index (κ3) is 3.70. The topological polar surface area (TPSA) is 23.5 Å². The normalized spacial score (nSPS) is 12.5. The molecule has 1 N–H and O–H groups in total. The number of anilines is 1. The first-order valence-electron chi connectivity index (χ1n) is 6.25. The van der Waals surface area contributed by atoms with Crippen LogP contribution in [0.4, 0.5) is 10.1 Å². The first-order valence-corrected chi connectivity index (χ1v) is 6.25. The van der Waals surface area contributed by atoms with Crippen LogP contribution in [0, 0.1) is 5.82 Å². The summed E-state index contributed by atoms with van der Waals surface area (Å²) in [5.74, 6) is -0.333. The average molecular weight is 239 g/mol. The number of aliphatic hydroxyl groups excluding tert-OH is 1. The van der Waals surface area contributed by atoms with Crippen LogP contribution in [0.5, 0.6) is 0 Å². The van der Waals surface area contributed by atoms with E-state index >= 15 is 0 Å². The van der Waals surface area contributed by atoms with E-state index in [1.54, 1.807) is 13.0 Å². The SMILES string of the molecule is CCCCCN(C)c1cccc(F)c1[C@@H](C)O. The lowest BCUT2D eigenvalue weighted by Gasteiger charge is -2.24. The van der Waals surface area contributed by atoms with Gasteiger partial charge in [0, 0.05) is 24.8 Å². The van der Waals surface area contributed by atoms with Gasteiger partial charge in [-0.1, -0.05) is 25.8 Å². The molecule has 3 heteroatoms. The Morgan fingerprint density at radius 3 is 2.65 bits per heavy atom. The van der Waals surface area contributed by atoms with Crippen molar-refractivity contribution in [1.29, 1.82) is 0 Å². The second kappa shape index (κ2) is 6.60. The molecular formula is C14H22FNO. The second-order valence-electron chi connectivity index (χ2n) is 4.48. The van der Waals surface area contributed by atoms with E-state index in [0.717, 1.165) is 18.7 Å². The smallest absolute Gasteiger partial charge is 0.131 e. The van der Waals surface area contributed by atoms with Crippen LogP contribution in [0.15, 0.2) is 18.2 Å². The Labute approximate surface area is 103 Å². The molecule has 0 fully saturated rings. The van der Waals surface area contributed by atoms with Crippen LogP contribution in [0.1, 0.15) is 44.8 Å². The van der Waals surface area contributed by atoms with Crippen LogP contribution >= 0.6 is 0 Å². The molecular weight excluding hydrogens is 217 g/mol. The Morgan fingerprint density at radius 2 is 2.06 bits per heavy atom. The van der Waals surface area contributed by atoms with Crippen molar-refractivity contribution in [2.45, 2.75) is 39.2 Å². The molecule has 0 spiro atoms. The second-order valence-corrected chi connectivity index (χ2v) is 4.48. The summed E-state index contributed by atoms with van der Waals surface area (Å²) < 4.78 is 13.7. The molecule has 96 valence electrons. The van der Waals surface area contributed by atoms with Crippen molar-refractivity contribution in [1.82, 2.24) is 0 Å². The van der Waals surface area contributed by atoms with E-state index in [4.69, 9.17) is 0 Å². The van der Waals surface area contributed by atoms with E-state index in [0.29, 0.717) is 5.56 Å². The number of halogens is 1. The molecule has 0 aliphatic carbocycles.